The molecule has 6 heteroatoms. The van der Waals surface area contributed by atoms with Crippen molar-refractivity contribution in [1.29, 1.82) is 0 Å². The number of ether oxygens (including phenoxy) is 1. The van der Waals surface area contributed by atoms with Crippen LogP contribution in [0.1, 0.15) is 76.0 Å². The molecule has 1 fully saturated rings. The van der Waals surface area contributed by atoms with Gasteiger partial charge >= 0.3 is 0 Å². The van der Waals surface area contributed by atoms with E-state index < -0.39 is 0 Å². The molecule has 140 valence electrons. The molecule has 3 amide bonds. The molecule has 1 N–H and O–H groups in total. The van der Waals surface area contributed by atoms with Gasteiger partial charge in [-0.1, -0.05) is 25.7 Å². The first kappa shape index (κ1) is 18.6. The molecule has 0 spiro atoms. The van der Waals surface area contributed by atoms with Crippen molar-refractivity contribution in [2.45, 2.75) is 51.0 Å². The van der Waals surface area contributed by atoms with Gasteiger partial charge < -0.3 is 10.1 Å². The monoisotopic (exact) mass is 358 g/mol. The summed E-state index contributed by atoms with van der Waals surface area (Å²) in [5, 5.41) is 3.08. The van der Waals surface area contributed by atoms with Crippen LogP contribution in [0.5, 0.6) is 0 Å². The molecule has 0 bridgehead atoms. The second-order valence-electron chi connectivity index (χ2n) is 7.03. The van der Waals surface area contributed by atoms with Gasteiger partial charge in [0.25, 0.3) is 17.7 Å². The Morgan fingerprint density at radius 3 is 2.50 bits per heavy atom. The standard InChI is InChI=1S/C20H26N2O4/c1-26-12-6-11-22-19(24)16-10-9-14(13-17(16)20(22)25)18(23)21-15-7-4-2-3-5-8-15/h9-10,13,15H,2-8,11-12H2,1H3,(H,21,23). The Morgan fingerprint density at radius 2 is 1.81 bits per heavy atom. The van der Waals surface area contributed by atoms with Crippen molar-refractivity contribution in [3.8, 4) is 0 Å². The highest BCUT2D eigenvalue weighted by Gasteiger charge is 2.35. The molecule has 1 heterocycles. The normalized spacial score (nSPS) is 18.0. The van der Waals surface area contributed by atoms with Gasteiger partial charge in [0, 0.05) is 31.9 Å². The molecule has 0 unspecified atom stereocenters. The van der Waals surface area contributed by atoms with Crippen LogP contribution in [0.15, 0.2) is 18.2 Å². The molecule has 1 aromatic rings. The van der Waals surface area contributed by atoms with Crippen molar-refractivity contribution in [3.63, 3.8) is 0 Å². The van der Waals surface area contributed by atoms with Gasteiger partial charge in [-0.25, -0.2) is 0 Å². The molecule has 1 aliphatic carbocycles. The molecule has 26 heavy (non-hydrogen) atoms. The van der Waals surface area contributed by atoms with Gasteiger partial charge in [0.05, 0.1) is 11.1 Å². The van der Waals surface area contributed by atoms with Gasteiger partial charge in [-0.15, -0.1) is 0 Å². The summed E-state index contributed by atoms with van der Waals surface area (Å²) in [5.41, 5.74) is 1.13. The van der Waals surface area contributed by atoms with Crippen LogP contribution in [0.3, 0.4) is 0 Å². The Bertz CT molecular complexity index is 693. The maximum absolute atomic E-state index is 12.6. The Balaban J connectivity index is 1.70. The number of benzene rings is 1. The summed E-state index contributed by atoms with van der Waals surface area (Å²) in [4.78, 5) is 38.7. The molecule has 1 saturated carbocycles. The molecule has 3 rings (SSSR count). The highest BCUT2D eigenvalue weighted by Crippen LogP contribution is 2.25. The fourth-order valence-corrected chi connectivity index (χ4v) is 3.69. The Morgan fingerprint density at radius 1 is 1.12 bits per heavy atom. The lowest BCUT2D eigenvalue weighted by Crippen LogP contribution is -2.34. The van der Waals surface area contributed by atoms with Crippen molar-refractivity contribution < 1.29 is 19.1 Å². The summed E-state index contributed by atoms with van der Waals surface area (Å²) in [6.45, 7) is 0.812. The average Bonchev–Trinajstić information content (AvgIpc) is 2.82. The number of fused-ring (bicyclic) bond motifs is 1. The molecule has 1 aromatic carbocycles. The largest absolute Gasteiger partial charge is 0.385 e. The van der Waals surface area contributed by atoms with Crippen LogP contribution >= 0.6 is 0 Å². The van der Waals surface area contributed by atoms with Crippen molar-refractivity contribution >= 4 is 17.7 Å². The molecule has 1 aliphatic heterocycles. The van der Waals surface area contributed by atoms with E-state index in [0.29, 0.717) is 36.3 Å². The van der Waals surface area contributed by atoms with E-state index in [0.717, 1.165) is 25.7 Å². The van der Waals surface area contributed by atoms with E-state index >= 15 is 0 Å². The minimum atomic E-state index is -0.329. The van der Waals surface area contributed by atoms with Crippen LogP contribution in [-0.2, 0) is 4.74 Å². The van der Waals surface area contributed by atoms with Gasteiger partial charge in [0.2, 0.25) is 0 Å². The smallest absolute Gasteiger partial charge is 0.261 e. The molecule has 0 saturated heterocycles. The van der Waals surface area contributed by atoms with E-state index in [-0.39, 0.29) is 23.8 Å². The molecule has 2 aliphatic rings. The number of carbonyl (C=O) groups is 3. The van der Waals surface area contributed by atoms with Gasteiger partial charge in [0.1, 0.15) is 0 Å². The molecule has 0 radical (unpaired) electrons. The van der Waals surface area contributed by atoms with Gasteiger partial charge in [-0.3, -0.25) is 19.3 Å². The van der Waals surface area contributed by atoms with Gasteiger partial charge in [-0.05, 0) is 37.5 Å². The number of carbonyl (C=O) groups excluding carboxylic acids is 3. The first-order valence-electron chi connectivity index (χ1n) is 9.42. The number of nitrogens with zero attached hydrogens (tertiary/aromatic N) is 1. The predicted octanol–water partition coefficient (Wildman–Crippen LogP) is 2.77. The first-order valence-corrected chi connectivity index (χ1v) is 9.42. The van der Waals surface area contributed by atoms with Crippen molar-refractivity contribution in [2.75, 3.05) is 20.3 Å². The number of rotatable bonds is 6. The lowest BCUT2D eigenvalue weighted by atomic mass is 10.0. The first-order chi connectivity index (χ1) is 12.6. The van der Waals surface area contributed by atoms with Crippen LogP contribution in [0.2, 0.25) is 0 Å². The highest BCUT2D eigenvalue weighted by molar-refractivity contribution is 6.22. The maximum atomic E-state index is 12.6. The van der Waals surface area contributed by atoms with Crippen molar-refractivity contribution in [3.05, 3.63) is 34.9 Å². The number of hydrogen-bond acceptors (Lipinski definition) is 4. The van der Waals surface area contributed by atoms with E-state index in [1.54, 1.807) is 25.3 Å². The zero-order chi connectivity index (χ0) is 18.5. The fourth-order valence-electron chi connectivity index (χ4n) is 3.69. The summed E-state index contributed by atoms with van der Waals surface area (Å²) in [6, 6.07) is 4.97. The average molecular weight is 358 g/mol. The maximum Gasteiger partial charge on any atom is 0.261 e. The Kier molecular flexibility index (Phi) is 6.04. The van der Waals surface area contributed by atoms with Crippen LogP contribution in [0.25, 0.3) is 0 Å². The number of hydrogen-bond donors (Lipinski definition) is 1. The second kappa shape index (κ2) is 8.45. The number of methoxy groups -OCH3 is 1. The van der Waals surface area contributed by atoms with E-state index in [2.05, 4.69) is 5.32 Å². The Labute approximate surface area is 153 Å². The lowest BCUT2D eigenvalue weighted by molar-refractivity contribution is 0.0638. The quantitative estimate of drug-likeness (QED) is 0.482. The summed E-state index contributed by atoms with van der Waals surface area (Å²) in [5.74, 6) is -0.792. The number of amides is 3. The van der Waals surface area contributed by atoms with Crippen molar-refractivity contribution in [1.82, 2.24) is 10.2 Å². The van der Waals surface area contributed by atoms with Crippen LogP contribution in [0.4, 0.5) is 0 Å². The third-order valence-corrected chi connectivity index (χ3v) is 5.15. The number of nitrogens with one attached hydrogen (secondary N) is 1. The Hall–Kier alpha value is -2.21. The summed E-state index contributed by atoms with van der Waals surface area (Å²) in [7, 11) is 1.58. The van der Waals surface area contributed by atoms with Gasteiger partial charge in [-0.2, -0.15) is 0 Å². The third kappa shape index (κ3) is 3.96. The van der Waals surface area contributed by atoms with E-state index in [1.165, 1.54) is 17.7 Å². The van der Waals surface area contributed by atoms with Crippen molar-refractivity contribution in [2.24, 2.45) is 0 Å². The van der Waals surface area contributed by atoms with Crippen LogP contribution in [-0.4, -0.2) is 48.9 Å². The topological polar surface area (TPSA) is 75.7 Å². The SMILES string of the molecule is COCCCN1C(=O)c2ccc(C(=O)NC3CCCCCC3)cc2C1=O. The number of imide groups is 1. The van der Waals surface area contributed by atoms with Gasteiger partial charge in [0.15, 0.2) is 0 Å². The highest BCUT2D eigenvalue weighted by atomic mass is 16.5. The minimum Gasteiger partial charge on any atom is -0.385 e. The zero-order valence-corrected chi connectivity index (χ0v) is 15.3. The molecular formula is C20H26N2O4. The zero-order valence-electron chi connectivity index (χ0n) is 15.3. The van der Waals surface area contributed by atoms with E-state index in [9.17, 15) is 14.4 Å². The second-order valence-corrected chi connectivity index (χ2v) is 7.03. The van der Waals surface area contributed by atoms with Crippen LogP contribution < -0.4 is 5.32 Å². The van der Waals surface area contributed by atoms with E-state index in [4.69, 9.17) is 4.74 Å². The summed E-state index contributed by atoms with van der Waals surface area (Å²) in [6.07, 6.45) is 7.32. The molecular weight excluding hydrogens is 332 g/mol. The molecule has 0 aromatic heterocycles. The minimum absolute atomic E-state index is 0.169. The third-order valence-electron chi connectivity index (χ3n) is 5.15. The lowest BCUT2D eigenvalue weighted by Gasteiger charge is -2.16. The van der Waals surface area contributed by atoms with E-state index in [1.807, 2.05) is 0 Å². The summed E-state index contributed by atoms with van der Waals surface area (Å²) < 4.78 is 4.98. The molecule has 0 atom stereocenters. The van der Waals surface area contributed by atoms with Crippen LogP contribution in [0, 0.1) is 0 Å². The summed E-state index contributed by atoms with van der Waals surface area (Å²) >= 11 is 0. The molecule has 6 nitrogen and oxygen atoms in total. The predicted molar refractivity (Wildman–Crippen MR) is 97.3 cm³/mol. The fraction of sp³-hybridized carbons (Fsp3) is 0.550.